The Labute approximate surface area is 267 Å². The Morgan fingerprint density at radius 3 is 2.35 bits per heavy atom. The van der Waals surface area contributed by atoms with Crippen LogP contribution >= 0.6 is 11.3 Å². The van der Waals surface area contributed by atoms with Crippen LogP contribution in [0.25, 0.3) is 0 Å². The maximum absolute atomic E-state index is 13.5. The first-order valence-corrected chi connectivity index (χ1v) is 15.8. The van der Waals surface area contributed by atoms with E-state index >= 15 is 0 Å². The molecule has 244 valence electrons. The standard InChI is InChI=1S/C32H32O13S/c1-37-19-6-13(7-20(38-2)25(19)33)23-14-8-17-18(42-12-41-17)9-15(14)28(16-10-39-30(36)24(16)23)44-32-27(35)26(34)29-21(43-32)11-40-31(45-29)22-4-3-5-46-22/h3-9,16,21,23-24,26-29,31-35H,10-12H2,1-2H3/t16-,21-,23-,24-,26-,27+,28-,29-,31-,32+/m0/s1. The zero-order valence-corrected chi connectivity index (χ0v) is 25.6. The van der Waals surface area contributed by atoms with Crippen molar-refractivity contribution < 1.29 is 62.7 Å². The predicted molar refractivity (Wildman–Crippen MR) is 156 cm³/mol. The molecule has 3 fully saturated rings. The van der Waals surface area contributed by atoms with Crippen LogP contribution in [0.5, 0.6) is 28.7 Å². The van der Waals surface area contributed by atoms with Crippen molar-refractivity contribution in [3.63, 3.8) is 0 Å². The van der Waals surface area contributed by atoms with E-state index in [-0.39, 0.29) is 37.3 Å². The molecule has 0 spiro atoms. The summed E-state index contributed by atoms with van der Waals surface area (Å²) >= 11 is 1.46. The van der Waals surface area contributed by atoms with Crippen molar-refractivity contribution in [3.05, 3.63) is 63.3 Å². The van der Waals surface area contributed by atoms with Crippen LogP contribution in [-0.4, -0.2) is 86.2 Å². The molecule has 0 bridgehead atoms. The van der Waals surface area contributed by atoms with Crippen molar-refractivity contribution in [2.45, 2.75) is 49.0 Å². The molecule has 46 heavy (non-hydrogen) atoms. The van der Waals surface area contributed by atoms with Gasteiger partial charge in [-0.25, -0.2) is 0 Å². The van der Waals surface area contributed by atoms with Crippen LogP contribution in [0.3, 0.4) is 0 Å². The van der Waals surface area contributed by atoms with Crippen LogP contribution in [0.1, 0.15) is 39.9 Å². The van der Waals surface area contributed by atoms with Gasteiger partial charge >= 0.3 is 5.97 Å². The topological polar surface area (TPSA) is 161 Å². The summed E-state index contributed by atoms with van der Waals surface area (Å²) in [6, 6.07) is 10.7. The zero-order valence-electron chi connectivity index (χ0n) is 24.8. The monoisotopic (exact) mass is 656 g/mol. The molecule has 8 rings (SSSR count). The van der Waals surface area contributed by atoms with E-state index in [4.69, 9.17) is 42.6 Å². The maximum atomic E-state index is 13.5. The number of esters is 1. The number of thiophene rings is 1. The van der Waals surface area contributed by atoms with E-state index in [1.165, 1.54) is 25.6 Å². The van der Waals surface area contributed by atoms with Crippen molar-refractivity contribution in [1.82, 2.24) is 0 Å². The lowest BCUT2D eigenvalue weighted by Crippen LogP contribution is -2.62. The van der Waals surface area contributed by atoms with Gasteiger partial charge in [-0.15, -0.1) is 11.3 Å². The molecular formula is C32H32O13S. The lowest BCUT2D eigenvalue weighted by Gasteiger charge is -2.48. The molecule has 14 heteroatoms. The highest BCUT2D eigenvalue weighted by Gasteiger charge is 2.56. The Morgan fingerprint density at radius 1 is 0.913 bits per heavy atom. The van der Waals surface area contributed by atoms with Crippen LogP contribution in [0.2, 0.25) is 0 Å². The maximum Gasteiger partial charge on any atom is 0.310 e. The average molecular weight is 657 g/mol. The lowest BCUT2D eigenvalue weighted by molar-refractivity contribution is -0.368. The Bertz CT molecular complexity index is 1600. The minimum absolute atomic E-state index is 0.0242. The number of carbonyl (C=O) groups is 1. The molecule has 0 radical (unpaired) electrons. The first-order chi connectivity index (χ1) is 22.4. The van der Waals surface area contributed by atoms with E-state index in [2.05, 4.69) is 0 Å². The van der Waals surface area contributed by atoms with Crippen molar-refractivity contribution in [3.8, 4) is 28.7 Å². The molecule has 1 aromatic heterocycles. The summed E-state index contributed by atoms with van der Waals surface area (Å²) < 4.78 is 52.6. The van der Waals surface area contributed by atoms with E-state index in [1.54, 1.807) is 18.2 Å². The fourth-order valence-corrected chi connectivity index (χ4v) is 7.89. The second-order valence-corrected chi connectivity index (χ2v) is 12.7. The molecule has 0 unspecified atom stereocenters. The van der Waals surface area contributed by atoms with Crippen LogP contribution in [0.15, 0.2) is 41.8 Å². The predicted octanol–water partition coefficient (Wildman–Crippen LogP) is 2.75. The van der Waals surface area contributed by atoms with Gasteiger partial charge in [0.15, 0.2) is 35.6 Å². The van der Waals surface area contributed by atoms with Crippen LogP contribution in [0.4, 0.5) is 0 Å². The quantitative estimate of drug-likeness (QED) is 0.333. The number of hydrogen-bond acceptors (Lipinski definition) is 14. The fraction of sp³-hybridized carbons (Fsp3) is 0.469. The number of hydrogen-bond donors (Lipinski definition) is 3. The van der Waals surface area contributed by atoms with Gasteiger partial charge in [0.1, 0.15) is 24.4 Å². The average Bonchev–Trinajstić information content (AvgIpc) is 3.85. The number of aliphatic hydroxyl groups is 2. The molecule has 1 aliphatic carbocycles. The van der Waals surface area contributed by atoms with Crippen LogP contribution < -0.4 is 18.9 Å². The first kappa shape index (κ1) is 29.8. The van der Waals surface area contributed by atoms with E-state index in [1.807, 2.05) is 23.6 Å². The summed E-state index contributed by atoms with van der Waals surface area (Å²) in [6.07, 6.45) is -7.16. The number of fused-ring (bicyclic) bond motifs is 4. The zero-order chi connectivity index (χ0) is 31.7. The summed E-state index contributed by atoms with van der Waals surface area (Å²) in [4.78, 5) is 14.3. The van der Waals surface area contributed by atoms with Gasteiger partial charge in [-0.2, -0.15) is 0 Å². The molecule has 3 saturated heterocycles. The SMILES string of the molecule is COc1cc([C@H]2c3cc4c(cc3[C@H](O[C@H]3O[C@H]5CO[C@H](c6cccs6)O[C@@H]5[C@@H](O)[C@H]3O)[C@H]3COC(=O)[C@H]23)OCO4)cc(OC)c1O. The highest BCUT2D eigenvalue weighted by atomic mass is 32.1. The third-order valence-electron chi connectivity index (χ3n) is 9.37. The molecule has 13 nitrogen and oxygen atoms in total. The Kier molecular flexibility index (Phi) is 7.48. The number of benzene rings is 2. The molecule has 2 aromatic carbocycles. The second kappa shape index (κ2) is 11.6. The van der Waals surface area contributed by atoms with Gasteiger partial charge in [-0.1, -0.05) is 6.07 Å². The highest BCUT2D eigenvalue weighted by molar-refractivity contribution is 7.10. The second-order valence-electron chi connectivity index (χ2n) is 11.8. The number of rotatable bonds is 6. The number of methoxy groups -OCH3 is 2. The highest BCUT2D eigenvalue weighted by Crippen LogP contribution is 2.57. The molecule has 3 aromatic rings. The van der Waals surface area contributed by atoms with Crippen molar-refractivity contribution in [2.75, 3.05) is 34.2 Å². The minimum atomic E-state index is -1.47. The molecule has 3 N–H and O–H groups in total. The molecule has 10 atom stereocenters. The third kappa shape index (κ3) is 4.70. The van der Waals surface area contributed by atoms with E-state index in [9.17, 15) is 20.1 Å². The Morgan fingerprint density at radius 2 is 1.65 bits per heavy atom. The van der Waals surface area contributed by atoms with Gasteiger partial charge in [0.05, 0.1) is 44.3 Å². The summed E-state index contributed by atoms with van der Waals surface area (Å²) in [6.45, 7) is 0.171. The summed E-state index contributed by atoms with van der Waals surface area (Å²) in [5.41, 5.74) is 2.00. The molecule has 4 aliphatic heterocycles. The van der Waals surface area contributed by atoms with E-state index in [0.717, 1.165) is 4.88 Å². The van der Waals surface area contributed by atoms with Gasteiger partial charge in [-0.3, -0.25) is 4.79 Å². The summed E-state index contributed by atoms with van der Waals surface area (Å²) in [5, 5.41) is 35.0. The number of aromatic hydroxyl groups is 1. The number of carbonyl (C=O) groups excluding carboxylic acids is 1. The minimum Gasteiger partial charge on any atom is -0.502 e. The lowest BCUT2D eigenvalue weighted by atomic mass is 9.66. The first-order valence-electron chi connectivity index (χ1n) is 14.9. The van der Waals surface area contributed by atoms with Gasteiger partial charge in [0.25, 0.3) is 0 Å². The van der Waals surface area contributed by atoms with Gasteiger partial charge in [0, 0.05) is 11.8 Å². The number of ether oxygens (including phenoxy) is 9. The fourth-order valence-electron chi connectivity index (χ4n) is 7.18. The molecular weight excluding hydrogens is 624 g/mol. The van der Waals surface area contributed by atoms with Crippen molar-refractivity contribution in [2.24, 2.45) is 11.8 Å². The number of phenolic OH excluding ortho intramolecular Hbond substituents is 1. The van der Waals surface area contributed by atoms with E-state index < -0.39 is 66.8 Å². The molecule has 0 saturated carbocycles. The normalized spacial score (nSPS) is 34.3. The third-order valence-corrected chi connectivity index (χ3v) is 10.3. The number of aliphatic hydroxyl groups excluding tert-OH is 2. The summed E-state index contributed by atoms with van der Waals surface area (Å²) in [5.74, 6) is -1.08. The smallest absolute Gasteiger partial charge is 0.310 e. The van der Waals surface area contributed by atoms with Crippen LogP contribution in [0, 0.1) is 11.8 Å². The van der Waals surface area contributed by atoms with Crippen molar-refractivity contribution >= 4 is 17.3 Å². The van der Waals surface area contributed by atoms with Gasteiger partial charge < -0.3 is 58.0 Å². The van der Waals surface area contributed by atoms with Crippen LogP contribution in [-0.2, 0) is 28.5 Å². The van der Waals surface area contributed by atoms with Gasteiger partial charge in [-0.05, 0) is 52.4 Å². The molecule has 5 heterocycles. The Hall–Kier alpha value is -3.63. The largest absolute Gasteiger partial charge is 0.502 e. The molecule has 0 amide bonds. The Balaban J connectivity index is 1.16. The summed E-state index contributed by atoms with van der Waals surface area (Å²) in [7, 11) is 2.86. The molecule has 5 aliphatic rings. The number of cyclic esters (lactones) is 1. The van der Waals surface area contributed by atoms with Crippen molar-refractivity contribution in [1.29, 1.82) is 0 Å². The number of phenols is 1. The van der Waals surface area contributed by atoms with E-state index in [0.29, 0.717) is 28.2 Å². The van der Waals surface area contributed by atoms with Gasteiger partial charge in [0.2, 0.25) is 12.5 Å².